The fraction of sp³-hybridized carbons (Fsp3) is 0.368. The zero-order chi connectivity index (χ0) is 91.7. The Labute approximate surface area is 597 Å². The Balaban J connectivity index is 0.000000233. The minimum Gasteiger partial charge on any atom is -0.201 e. The van der Waals surface area contributed by atoms with Crippen molar-refractivity contribution in [2.45, 2.75) is 180 Å². The number of nitrogens with zero attached hydrogens (tertiary/aromatic N) is 5. The van der Waals surface area contributed by atoms with E-state index >= 15 is 0 Å². The molecule has 0 bridgehead atoms. The molecule has 482 valence electrons. The molecule has 0 aliphatic rings. The predicted octanol–water partition coefficient (Wildman–Crippen LogP) is 19.2. The summed E-state index contributed by atoms with van der Waals surface area (Å²) in [6.07, 6.45) is -4.99. The van der Waals surface area contributed by atoms with Gasteiger partial charge in [-0.3, -0.25) is 0 Å². The van der Waals surface area contributed by atoms with Crippen molar-refractivity contribution >= 4 is 0 Å². The summed E-state index contributed by atoms with van der Waals surface area (Å²) in [5.41, 5.74) is 16.4. The van der Waals surface area contributed by atoms with Crippen molar-refractivity contribution in [3.05, 3.63) is 266 Å². The van der Waals surface area contributed by atoms with Crippen LogP contribution >= 0.6 is 0 Å². The second kappa shape index (κ2) is 35.0. The van der Waals surface area contributed by atoms with Gasteiger partial charge in [0.05, 0.1) is 0 Å². The van der Waals surface area contributed by atoms with E-state index in [2.05, 4.69) is 36.7 Å². The number of rotatable bonds is 15. The highest BCUT2D eigenvalue weighted by atomic mass is 14.9. The highest BCUT2D eigenvalue weighted by Crippen LogP contribution is 2.30. The quantitative estimate of drug-likeness (QED) is 0.0912. The van der Waals surface area contributed by atoms with Crippen molar-refractivity contribution in [3.63, 3.8) is 0 Å². The van der Waals surface area contributed by atoms with Crippen molar-refractivity contribution in [1.29, 1.82) is 0 Å². The van der Waals surface area contributed by atoms with Crippen LogP contribution in [-0.2, 0) is 86.3 Å². The summed E-state index contributed by atoms with van der Waals surface area (Å²) in [6, 6.07) is 47.2. The molecule has 0 spiro atoms. The molecule has 5 nitrogen and oxygen atoms in total. The van der Waals surface area contributed by atoms with Gasteiger partial charge in [0, 0.05) is 124 Å². The average Bonchev–Trinajstić information content (AvgIpc) is 0.842. The van der Waals surface area contributed by atoms with E-state index in [0.717, 1.165) is 84.8 Å². The second-order valence-corrected chi connectivity index (χ2v) is 22.8. The zero-order valence-corrected chi connectivity index (χ0v) is 57.3. The summed E-state index contributed by atoms with van der Waals surface area (Å²) >= 11 is 0. The summed E-state index contributed by atoms with van der Waals surface area (Å²) < 4.78 is 231. The normalized spacial score (nSPS) is 18.2. The van der Waals surface area contributed by atoms with Gasteiger partial charge in [-0.05, 0) is 183 Å². The first-order valence-corrected chi connectivity index (χ1v) is 30.9. The molecule has 0 saturated carbocycles. The number of hydrogen-bond acceptors (Lipinski definition) is 0. The third-order valence-corrected chi connectivity index (χ3v) is 16.4. The molecule has 5 aromatic carbocycles. The van der Waals surface area contributed by atoms with Gasteiger partial charge in [-0.2, -0.15) is 0 Å². The molecule has 0 fully saturated rings. The van der Waals surface area contributed by atoms with E-state index in [-0.39, 0.29) is 22.3 Å². The van der Waals surface area contributed by atoms with Crippen molar-refractivity contribution in [3.8, 4) is 56.3 Å². The van der Waals surface area contributed by atoms with E-state index < -0.39 is 94.9 Å². The summed E-state index contributed by atoms with van der Waals surface area (Å²) in [6.45, 7) is 10.6. The minimum absolute atomic E-state index is 0.180. The van der Waals surface area contributed by atoms with Gasteiger partial charge in [0.15, 0.2) is 31.0 Å². The van der Waals surface area contributed by atoms with E-state index in [1.54, 1.807) is 86.1 Å². The molecule has 92 heavy (non-hydrogen) atoms. The molecule has 2 atom stereocenters. The highest BCUT2D eigenvalue weighted by molar-refractivity contribution is 5.65. The number of aromatic nitrogens is 5. The van der Waals surface area contributed by atoms with Crippen LogP contribution in [0.5, 0.6) is 0 Å². The molecule has 5 heteroatoms. The average molecular weight is 1260 g/mol. The maximum Gasteiger partial charge on any atom is 0.212 e. The van der Waals surface area contributed by atoms with Crippen LogP contribution in [-0.4, -0.2) is 0 Å². The molecule has 5 heterocycles. The SMILES string of the molecule is [2H]C([2H])(C)c1c[n+](C)c(-c2ccccc2C)cc1C([2H])(C)C([2H])([2H])[2H].[2H]C([2H])(C)c1cc(-c2ccccc2C)[n+](C)cc1C([2H])(C)C([2H])([2H])[2H].[2H]C([2H])(C)c1cc(-c2ccccc2C)[n+](C)cc1C([2H])([2H])C.[2H]C([2H])(C)c1cc(-c2ccccc2C)[n+](C)cc1CC.[2H]C([2H])([2H])C([2H])([2H])c1cc(-c2ccccc2C)[n+](C)cc1C([2H])([2H])C([2H])([2H])[2H]. The lowest BCUT2D eigenvalue weighted by atomic mass is 9.94. The van der Waals surface area contributed by atoms with E-state index in [1.165, 1.54) is 63.9 Å². The zero-order valence-electron chi connectivity index (χ0n) is 85.3. The lowest BCUT2D eigenvalue weighted by Crippen LogP contribution is -2.32. The molecule has 10 rings (SSSR count). The van der Waals surface area contributed by atoms with Crippen LogP contribution in [0.15, 0.2) is 183 Å². The Morgan fingerprint density at radius 2 is 0.576 bits per heavy atom. The first-order chi connectivity index (χ1) is 54.4. The fourth-order valence-electron chi connectivity index (χ4n) is 11.1. The smallest absolute Gasteiger partial charge is 0.201 e. The van der Waals surface area contributed by atoms with Crippen LogP contribution in [0.4, 0.5) is 0 Å². The first kappa shape index (κ1) is 42.2. The molecule has 0 amide bonds. The third kappa shape index (κ3) is 18.3. The Morgan fingerprint density at radius 1 is 0.315 bits per heavy atom. The van der Waals surface area contributed by atoms with E-state index in [9.17, 15) is 0 Å². The molecular weight excluding hydrogens is 1110 g/mol. The molecular formula is C87H114N5+5. The van der Waals surface area contributed by atoms with E-state index in [1.807, 2.05) is 149 Å². The van der Waals surface area contributed by atoms with Gasteiger partial charge in [-0.15, -0.1) is 0 Å². The standard InChI is InChI=1S/2C18H24N.3C17H22N/c1-6-15-12-19(5)18(11-17(15)13(2)3)16-10-8-7-9-14(16)4;1-6-15-11-18(16-10-8-7-9-14(16)4)19(5)12-17(15)13(2)3;3*1-5-14-11-17(18(4)12-15(14)6-2)16-10-8-7-9-13(16)3/h2*7-13H,6H2,1-5H3;3*7-12H,5-6H2,1-4H3/q5*+1/i2*2D3,6D2,13D;1D3,2D3,5D2,6D2;5D2,6D2;5D2. The molecule has 5 aromatic heterocycles. The Morgan fingerprint density at radius 3 is 0.902 bits per heavy atom. The van der Waals surface area contributed by atoms with Gasteiger partial charge >= 0.3 is 0 Å². The van der Waals surface area contributed by atoms with Gasteiger partial charge in [-0.1, -0.05) is 174 Å². The number of aryl methyl sites for hydroxylation is 18. The van der Waals surface area contributed by atoms with Crippen molar-refractivity contribution in [1.82, 2.24) is 0 Å². The Kier molecular flexibility index (Phi) is 16.1. The minimum atomic E-state index is -3.12. The molecule has 2 unspecified atom stereocenters. The lowest BCUT2D eigenvalue weighted by Gasteiger charge is -2.13. The first-order valence-electron chi connectivity index (χ1n) is 44.9. The summed E-state index contributed by atoms with van der Waals surface area (Å²) in [5, 5.41) is 0. The van der Waals surface area contributed by atoms with Crippen molar-refractivity contribution < 1.29 is 61.2 Å². The summed E-state index contributed by atoms with van der Waals surface area (Å²) in [5.74, 6) is -3.83. The predicted molar refractivity (Wildman–Crippen MR) is 392 cm³/mol. The van der Waals surface area contributed by atoms with Crippen molar-refractivity contribution in [2.75, 3.05) is 0 Å². The van der Waals surface area contributed by atoms with Crippen molar-refractivity contribution in [2.24, 2.45) is 35.2 Å². The van der Waals surface area contributed by atoms with Crippen LogP contribution in [0, 0.1) is 34.6 Å². The monoisotopic (exact) mass is 1260 g/mol. The topological polar surface area (TPSA) is 19.4 Å². The third-order valence-electron chi connectivity index (χ3n) is 16.4. The molecule has 0 aliphatic carbocycles. The van der Waals surface area contributed by atoms with E-state index in [4.69, 9.17) is 38.4 Å². The van der Waals surface area contributed by atoms with Crippen LogP contribution in [0.3, 0.4) is 0 Å². The maximum atomic E-state index is 8.48. The van der Waals surface area contributed by atoms with Gasteiger partial charge in [0.25, 0.3) is 0 Å². The summed E-state index contributed by atoms with van der Waals surface area (Å²) in [7, 11) is 9.06. The number of pyridine rings is 5. The number of hydrogen-bond donors (Lipinski definition) is 0. The van der Waals surface area contributed by atoms with Crippen LogP contribution in [0.1, 0.15) is 216 Å². The molecule has 0 radical (unpaired) electrons. The van der Waals surface area contributed by atoms with Gasteiger partial charge in [0.2, 0.25) is 28.5 Å². The molecule has 0 saturated heterocycles. The summed E-state index contributed by atoms with van der Waals surface area (Å²) in [4.78, 5) is 0. The lowest BCUT2D eigenvalue weighted by molar-refractivity contribution is -0.661. The van der Waals surface area contributed by atoms with Gasteiger partial charge in [-0.25, -0.2) is 22.8 Å². The second-order valence-electron chi connectivity index (χ2n) is 22.8. The Bertz CT molecular complexity index is 5290. The Hall–Kier alpha value is -8.15. The molecule has 0 aliphatic heterocycles. The van der Waals surface area contributed by atoms with E-state index in [0.29, 0.717) is 22.4 Å². The van der Waals surface area contributed by atoms with Crippen LogP contribution < -0.4 is 22.8 Å². The number of benzene rings is 5. The molecule has 0 N–H and O–H groups in total. The maximum absolute atomic E-state index is 8.48. The van der Waals surface area contributed by atoms with Crippen LogP contribution in [0.2, 0.25) is 0 Å². The molecule has 10 aromatic rings. The van der Waals surface area contributed by atoms with Gasteiger partial charge in [0.1, 0.15) is 35.2 Å². The largest absolute Gasteiger partial charge is 0.212 e. The van der Waals surface area contributed by atoms with Gasteiger partial charge < -0.3 is 0 Å². The van der Waals surface area contributed by atoms with Crippen LogP contribution in [0.25, 0.3) is 56.3 Å². The fourth-order valence-corrected chi connectivity index (χ4v) is 11.1. The highest BCUT2D eigenvalue weighted by Gasteiger charge is 2.22.